The number of phenols is 1. The molecule has 8 heterocycles. The van der Waals surface area contributed by atoms with E-state index >= 15 is 0 Å². The number of carbonyl (C=O) groups excluding carboxylic acids is 13. The number of hydrogen-bond acceptors (Lipinski definition) is 18. The maximum atomic E-state index is 14.4. The first-order valence-corrected chi connectivity index (χ1v) is 35.1. The van der Waals surface area contributed by atoms with Crippen LogP contribution in [-0.4, -0.2) is 165 Å². The fourth-order valence-corrected chi connectivity index (χ4v) is 14.5. The van der Waals surface area contributed by atoms with Gasteiger partial charge in [-0.25, -0.2) is 49.9 Å². The molecule has 0 bridgehead atoms. The van der Waals surface area contributed by atoms with Crippen molar-refractivity contribution in [3.05, 3.63) is 265 Å². The molecule has 0 aliphatic carbocycles. The molecule has 116 heavy (non-hydrogen) atoms. The Hall–Kier alpha value is -14.3. The molecule has 8 aromatic carbocycles. The smallest absolute Gasteiger partial charge is 0.322 e. The largest absolute Gasteiger partial charge is 0.505 e. The summed E-state index contributed by atoms with van der Waals surface area (Å²) in [5.74, 6) is -10.4. The number of halogens is 7. The van der Waals surface area contributed by atoms with Crippen LogP contribution in [0.25, 0.3) is 0 Å². The Bertz CT molecular complexity index is 5460. The minimum absolute atomic E-state index is 0.0219. The number of carbonyl (C=O) groups is 13. The molecule has 598 valence electrons. The summed E-state index contributed by atoms with van der Waals surface area (Å²) in [6.07, 6.45) is 0.330. The number of rotatable bonds is 20. The van der Waals surface area contributed by atoms with Crippen LogP contribution in [0.1, 0.15) is 103 Å². The molecule has 13 N–H and O–H groups in total. The van der Waals surface area contributed by atoms with Crippen LogP contribution in [0.4, 0.5) is 49.9 Å². The van der Waals surface area contributed by atoms with Gasteiger partial charge >= 0.3 is 24.1 Å². The standard InChI is InChI=1S/C21H19F2N3O5.C20H17F2N3O5.C19H15FN4O4.C18H13F2N3O4/c22-14-4-2-13(3-5-14)21(19(29)24-20(30)25-21)11-26-10-12-8-17(31-7-1-6-27)16(23)9-15(12)18(26)28;21-13-3-1-12(2-4-13)20(18(28)23-19(29)24-20)10-25-9-11-7-16(30-6-5-26)15(22)8-14(11)17(25)27;20-13-4-2-12(3-5-13)19(17(27)22-18(28)23-19)9-24-8-11-7-10(15(21)25)1-6-14(11)16(24)26;19-11-3-1-10(2-4-11)18(16(26)21-17(27)22-18)8-23-7-9-5-14(24)13(20)6-12(9)15(23)25/h2-5,8-9,27H,1,6-7,10-11H2,(H2,24,25,29,30);1-4,7-8,26H,5-6,9-10H2,(H2,23,24,28,29);1-7H,8-9H2,(H2,21,25)(H2,22,23,27,28);1-6,24H,7-8H2,(H2,21,22,26,27). The van der Waals surface area contributed by atoms with E-state index in [0.717, 1.165) is 60.7 Å². The van der Waals surface area contributed by atoms with Gasteiger partial charge in [-0.05, 0) is 148 Å². The molecule has 31 nitrogen and oxygen atoms in total. The number of aliphatic hydroxyl groups is 2. The molecule has 0 saturated carbocycles. The molecule has 0 radical (unpaired) electrons. The third-order valence-corrected chi connectivity index (χ3v) is 20.1. The highest BCUT2D eigenvalue weighted by Gasteiger charge is 2.55. The molecular formula is C78H64F7N13O18. The molecule has 4 unspecified atom stereocenters. The van der Waals surface area contributed by atoms with Crippen molar-refractivity contribution in [2.45, 2.75) is 54.8 Å². The van der Waals surface area contributed by atoms with E-state index in [-0.39, 0.29) is 118 Å². The topological polar surface area (TPSA) is 436 Å². The highest BCUT2D eigenvalue weighted by atomic mass is 19.2. The zero-order valence-corrected chi connectivity index (χ0v) is 60.1. The maximum absolute atomic E-state index is 14.4. The van der Waals surface area contributed by atoms with E-state index in [1.165, 1.54) is 111 Å². The van der Waals surface area contributed by atoms with E-state index < -0.39 is 140 Å². The Kier molecular flexibility index (Phi) is 21.8. The number of aromatic hydroxyl groups is 1. The first-order valence-electron chi connectivity index (χ1n) is 35.1. The molecule has 0 aromatic heterocycles. The van der Waals surface area contributed by atoms with Crippen molar-refractivity contribution in [3.63, 3.8) is 0 Å². The lowest BCUT2D eigenvalue weighted by atomic mass is 9.89. The van der Waals surface area contributed by atoms with Gasteiger partial charge in [-0.15, -0.1) is 0 Å². The Labute approximate surface area is 649 Å². The summed E-state index contributed by atoms with van der Waals surface area (Å²) in [7, 11) is 0. The van der Waals surface area contributed by atoms with Gasteiger partial charge in [0.1, 0.15) is 29.9 Å². The van der Waals surface area contributed by atoms with Gasteiger partial charge in [0, 0.05) is 67.0 Å². The van der Waals surface area contributed by atoms with E-state index in [1.54, 1.807) is 0 Å². The van der Waals surface area contributed by atoms with E-state index in [4.69, 9.17) is 25.4 Å². The second-order valence-corrected chi connectivity index (χ2v) is 27.5. The number of nitrogens with two attached hydrogens (primary N) is 1. The number of imide groups is 4. The molecule has 4 fully saturated rings. The van der Waals surface area contributed by atoms with Crippen LogP contribution in [-0.2, 0) is 67.5 Å². The molecule has 38 heteroatoms. The van der Waals surface area contributed by atoms with Gasteiger partial charge in [0.25, 0.3) is 47.3 Å². The summed E-state index contributed by atoms with van der Waals surface area (Å²) in [5, 5.41) is 46.0. The number of urea groups is 4. The van der Waals surface area contributed by atoms with Crippen LogP contribution >= 0.6 is 0 Å². The summed E-state index contributed by atoms with van der Waals surface area (Å²) < 4.78 is 106. The van der Waals surface area contributed by atoms with Crippen molar-refractivity contribution >= 4 is 77.3 Å². The Morgan fingerprint density at radius 3 is 0.957 bits per heavy atom. The minimum Gasteiger partial charge on any atom is -0.505 e. The first kappa shape index (κ1) is 79.8. The van der Waals surface area contributed by atoms with Crippen molar-refractivity contribution in [3.8, 4) is 17.2 Å². The molecule has 0 spiro atoms. The minimum atomic E-state index is -1.61. The second-order valence-electron chi connectivity index (χ2n) is 27.5. The highest BCUT2D eigenvalue weighted by Crippen LogP contribution is 2.39. The summed E-state index contributed by atoms with van der Waals surface area (Å²) in [4.78, 5) is 166. The van der Waals surface area contributed by atoms with Gasteiger partial charge in [-0.3, -0.25) is 64.4 Å². The van der Waals surface area contributed by atoms with Crippen molar-refractivity contribution in [2.24, 2.45) is 5.73 Å². The number of primary amides is 1. The van der Waals surface area contributed by atoms with Gasteiger partial charge < -0.3 is 71.4 Å². The SMILES string of the molecule is NC(=O)c1ccc2c(c1)CN(CC1(c3ccc(F)cc3)NC(=O)NC1=O)C2=O.O=C1NC(=O)C(CN2Cc3cc(O)c(F)cc3C2=O)(c2ccc(F)cc2)N1.O=C1NC(=O)C(CN2Cc3cc(OCCCO)c(F)cc3C2=O)(c2ccc(F)cc2)N1.O=C1NC(=O)C(CN2Cc3cc(OCCO)c(F)cc3C2=O)(c2ccc(F)cc2)N1. The van der Waals surface area contributed by atoms with Crippen molar-refractivity contribution in [1.29, 1.82) is 0 Å². The summed E-state index contributed by atoms with van der Waals surface area (Å²) in [6, 6.07) is 28.7. The Morgan fingerprint density at radius 1 is 0.371 bits per heavy atom. The Balaban J connectivity index is 0.000000135. The first-order chi connectivity index (χ1) is 55.3. The van der Waals surface area contributed by atoms with Crippen LogP contribution < -0.4 is 57.7 Å². The fourth-order valence-electron chi connectivity index (χ4n) is 14.5. The molecule has 8 aromatic rings. The fraction of sp³-hybridized carbons (Fsp3) is 0.218. The van der Waals surface area contributed by atoms with Crippen LogP contribution in [0.2, 0.25) is 0 Å². The van der Waals surface area contributed by atoms with E-state index in [1.807, 2.05) is 0 Å². The number of nitrogens with one attached hydrogen (secondary N) is 8. The summed E-state index contributed by atoms with van der Waals surface area (Å²) in [5.41, 5.74) is 3.12. The van der Waals surface area contributed by atoms with E-state index in [0.29, 0.717) is 56.5 Å². The monoisotopic (exact) mass is 1600 g/mol. The third-order valence-electron chi connectivity index (χ3n) is 20.1. The lowest BCUT2D eigenvalue weighted by Crippen LogP contribution is -2.52. The number of benzene rings is 8. The van der Waals surface area contributed by atoms with Crippen LogP contribution in [0, 0.1) is 40.7 Å². The number of hydrogen-bond donors (Lipinski definition) is 12. The number of nitrogens with zero attached hydrogens (tertiary/aromatic N) is 4. The zero-order chi connectivity index (χ0) is 83.0. The van der Waals surface area contributed by atoms with Crippen LogP contribution in [0.5, 0.6) is 17.2 Å². The number of aliphatic hydroxyl groups excluding tert-OH is 2. The van der Waals surface area contributed by atoms with Gasteiger partial charge in [-0.1, -0.05) is 48.5 Å². The lowest BCUT2D eigenvalue weighted by Gasteiger charge is -2.31. The Morgan fingerprint density at radius 2 is 0.664 bits per heavy atom. The molecule has 8 aliphatic heterocycles. The average molecular weight is 1600 g/mol. The van der Waals surface area contributed by atoms with E-state index in [2.05, 4.69) is 42.5 Å². The number of amides is 17. The predicted molar refractivity (Wildman–Crippen MR) is 384 cm³/mol. The summed E-state index contributed by atoms with van der Waals surface area (Å²) in [6.45, 7) is -0.972. The third kappa shape index (κ3) is 15.3. The highest BCUT2D eigenvalue weighted by molar-refractivity contribution is 6.12. The number of phenolic OH excluding ortho intramolecular Hbond substituents is 1. The van der Waals surface area contributed by atoms with Gasteiger partial charge in [0.2, 0.25) is 5.91 Å². The summed E-state index contributed by atoms with van der Waals surface area (Å²) >= 11 is 0. The van der Waals surface area contributed by atoms with Crippen molar-refractivity contribution < 1.29 is 118 Å². The molecule has 16 rings (SSSR count). The molecule has 17 amide bonds. The van der Waals surface area contributed by atoms with Gasteiger partial charge in [0.15, 0.2) is 56.9 Å². The number of ether oxygens (including phenoxy) is 2. The zero-order valence-electron chi connectivity index (χ0n) is 60.1. The van der Waals surface area contributed by atoms with Gasteiger partial charge in [-0.2, -0.15) is 0 Å². The van der Waals surface area contributed by atoms with Crippen LogP contribution in [0.15, 0.2) is 152 Å². The molecular weight excluding hydrogens is 1540 g/mol. The quantitative estimate of drug-likeness (QED) is 0.0285. The average Bonchev–Trinajstić information content (AvgIpc) is 1.61. The predicted octanol–water partition coefficient (Wildman–Crippen LogP) is 4.42. The second kappa shape index (κ2) is 31.7. The van der Waals surface area contributed by atoms with Gasteiger partial charge in [0.05, 0.1) is 39.4 Å². The molecule has 4 atom stereocenters. The molecule has 4 saturated heterocycles. The van der Waals surface area contributed by atoms with Crippen molar-refractivity contribution in [1.82, 2.24) is 62.1 Å². The number of fused-ring (bicyclic) bond motifs is 4. The van der Waals surface area contributed by atoms with Crippen LogP contribution in [0.3, 0.4) is 0 Å². The van der Waals surface area contributed by atoms with Crippen molar-refractivity contribution in [2.75, 3.05) is 52.6 Å². The van der Waals surface area contributed by atoms with E-state index in [9.17, 15) is 98.2 Å². The normalized spacial score (nSPS) is 20.5. The maximum Gasteiger partial charge on any atom is 0.322 e. The lowest BCUT2D eigenvalue weighted by molar-refractivity contribution is -0.125. The molecule has 8 aliphatic rings.